The lowest BCUT2D eigenvalue weighted by Gasteiger charge is -2.14. The highest BCUT2D eigenvalue weighted by Gasteiger charge is 2.10. The first kappa shape index (κ1) is 7.21. The Kier molecular flexibility index (Phi) is 2.01. The van der Waals surface area contributed by atoms with Crippen LogP contribution < -0.4 is 0 Å². The minimum atomic E-state index is 0.894. The molecule has 1 N–H and O–H groups in total. The van der Waals surface area contributed by atoms with Crippen molar-refractivity contribution in [1.82, 2.24) is 20.3 Å². The van der Waals surface area contributed by atoms with E-state index in [-0.39, 0.29) is 0 Å². The maximum Gasteiger partial charge on any atom is 0.105 e. The summed E-state index contributed by atoms with van der Waals surface area (Å²) in [5.41, 5.74) is 0.894. The van der Waals surface area contributed by atoms with Crippen LogP contribution in [0.1, 0.15) is 12.6 Å². The largest absolute Gasteiger partial charge is 0.297 e. The Balaban J connectivity index is 2.68. The van der Waals surface area contributed by atoms with Crippen LogP contribution in [0.15, 0.2) is 6.20 Å². The topological polar surface area (TPSA) is 44.8 Å². The molecule has 0 aliphatic carbocycles. The molecule has 1 rings (SSSR count). The molecule has 0 bridgehead atoms. The Bertz CT molecular complexity index is 180. The van der Waals surface area contributed by atoms with Crippen LogP contribution >= 0.6 is 0 Å². The number of aromatic nitrogens is 3. The summed E-state index contributed by atoms with van der Waals surface area (Å²) >= 11 is 0. The molecule has 4 heteroatoms. The summed E-state index contributed by atoms with van der Waals surface area (Å²) in [7, 11) is 3.95. The minimum Gasteiger partial charge on any atom is -0.297 e. The zero-order valence-electron chi connectivity index (χ0n) is 6.42. The Labute approximate surface area is 60.2 Å². The van der Waals surface area contributed by atoms with Crippen molar-refractivity contribution >= 4 is 0 Å². The first-order valence-electron chi connectivity index (χ1n) is 3.09. The Morgan fingerprint density at radius 1 is 1.60 bits per heavy atom. The van der Waals surface area contributed by atoms with E-state index in [2.05, 4.69) is 15.4 Å². The van der Waals surface area contributed by atoms with Gasteiger partial charge in [0.2, 0.25) is 0 Å². The third-order valence-electron chi connectivity index (χ3n) is 1.46. The van der Waals surface area contributed by atoms with E-state index in [0.717, 1.165) is 11.7 Å². The standard InChI is InChI=1S/C6H11N4/c1-5(10(2)3)6-4-7-9-8-6/h4H,1-3H3,(H,7,8,9). The number of H-pyrrole nitrogens is 1. The van der Waals surface area contributed by atoms with Crippen molar-refractivity contribution in [2.75, 3.05) is 14.1 Å². The highest BCUT2D eigenvalue weighted by atomic mass is 15.3. The predicted octanol–water partition coefficient (Wildman–Crippen LogP) is 0.266. The Hall–Kier alpha value is -0.900. The zero-order valence-corrected chi connectivity index (χ0v) is 6.42. The first-order valence-corrected chi connectivity index (χ1v) is 3.09. The Morgan fingerprint density at radius 2 is 2.30 bits per heavy atom. The number of nitrogens with one attached hydrogen (secondary N) is 1. The maximum absolute atomic E-state index is 3.85. The van der Waals surface area contributed by atoms with Gasteiger partial charge in [0.15, 0.2) is 0 Å². The molecule has 0 aliphatic rings. The Morgan fingerprint density at radius 3 is 2.70 bits per heavy atom. The molecule has 0 aliphatic heterocycles. The van der Waals surface area contributed by atoms with Crippen molar-refractivity contribution in [3.8, 4) is 0 Å². The second kappa shape index (κ2) is 2.79. The van der Waals surface area contributed by atoms with Crippen molar-refractivity contribution in [2.24, 2.45) is 0 Å². The van der Waals surface area contributed by atoms with Crippen molar-refractivity contribution in [2.45, 2.75) is 6.92 Å². The molecule has 0 aromatic carbocycles. The maximum atomic E-state index is 3.85. The smallest absolute Gasteiger partial charge is 0.105 e. The van der Waals surface area contributed by atoms with Crippen molar-refractivity contribution in [3.05, 3.63) is 17.9 Å². The van der Waals surface area contributed by atoms with E-state index in [1.54, 1.807) is 6.20 Å². The molecule has 0 spiro atoms. The van der Waals surface area contributed by atoms with Crippen LogP contribution in [0.25, 0.3) is 0 Å². The SMILES string of the molecule is C[C](c1c[nH]nn1)N(C)C. The van der Waals surface area contributed by atoms with Crippen LogP contribution in [0.5, 0.6) is 0 Å². The molecule has 1 aromatic rings. The third kappa shape index (κ3) is 1.33. The van der Waals surface area contributed by atoms with Crippen LogP contribution in [-0.4, -0.2) is 34.4 Å². The fourth-order valence-corrected chi connectivity index (χ4v) is 0.608. The second-order valence-electron chi connectivity index (χ2n) is 2.34. The normalized spacial score (nSPS) is 11.3. The molecule has 0 saturated carbocycles. The summed E-state index contributed by atoms with van der Waals surface area (Å²) in [4.78, 5) is 2.00. The fourth-order valence-electron chi connectivity index (χ4n) is 0.608. The molecule has 1 radical (unpaired) electrons. The molecule has 0 unspecified atom stereocenters. The van der Waals surface area contributed by atoms with Crippen LogP contribution in [0.3, 0.4) is 0 Å². The molecule has 0 atom stereocenters. The lowest BCUT2D eigenvalue weighted by Crippen LogP contribution is -2.17. The highest BCUT2D eigenvalue weighted by molar-refractivity contribution is 5.13. The molecular weight excluding hydrogens is 128 g/mol. The van der Waals surface area contributed by atoms with Crippen molar-refractivity contribution < 1.29 is 0 Å². The molecular formula is C6H11N4. The van der Waals surface area contributed by atoms with E-state index in [1.165, 1.54) is 0 Å². The quantitative estimate of drug-likeness (QED) is 0.639. The van der Waals surface area contributed by atoms with Gasteiger partial charge in [-0.1, -0.05) is 5.21 Å². The molecule has 55 valence electrons. The van der Waals surface area contributed by atoms with Gasteiger partial charge in [-0.3, -0.25) is 10.00 Å². The summed E-state index contributed by atoms with van der Waals surface area (Å²) in [6, 6.07) is 1.11. The van der Waals surface area contributed by atoms with Gasteiger partial charge in [0.25, 0.3) is 0 Å². The van der Waals surface area contributed by atoms with Gasteiger partial charge in [-0.2, -0.15) is 0 Å². The van der Waals surface area contributed by atoms with Crippen LogP contribution in [0, 0.1) is 6.04 Å². The third-order valence-corrected chi connectivity index (χ3v) is 1.46. The van der Waals surface area contributed by atoms with E-state index >= 15 is 0 Å². The summed E-state index contributed by atoms with van der Waals surface area (Å²) < 4.78 is 0. The van der Waals surface area contributed by atoms with E-state index < -0.39 is 0 Å². The number of hydrogen-bond donors (Lipinski definition) is 1. The number of rotatable bonds is 2. The van der Waals surface area contributed by atoms with Gasteiger partial charge in [0.1, 0.15) is 5.69 Å². The lowest BCUT2D eigenvalue weighted by atomic mass is 10.2. The minimum absolute atomic E-state index is 0.894. The molecule has 0 amide bonds. The van der Waals surface area contributed by atoms with E-state index in [4.69, 9.17) is 0 Å². The average Bonchev–Trinajstić information content (AvgIpc) is 2.36. The second-order valence-corrected chi connectivity index (χ2v) is 2.34. The van der Waals surface area contributed by atoms with E-state index in [1.807, 2.05) is 25.9 Å². The highest BCUT2D eigenvalue weighted by Crippen LogP contribution is 2.10. The van der Waals surface area contributed by atoms with E-state index in [0.29, 0.717) is 0 Å². The number of aromatic amines is 1. The molecule has 10 heavy (non-hydrogen) atoms. The van der Waals surface area contributed by atoms with Gasteiger partial charge in [-0.15, -0.1) is 5.10 Å². The van der Waals surface area contributed by atoms with Gasteiger partial charge in [-0.05, 0) is 21.0 Å². The molecule has 0 saturated heterocycles. The van der Waals surface area contributed by atoms with Gasteiger partial charge in [0, 0.05) is 6.20 Å². The van der Waals surface area contributed by atoms with Gasteiger partial charge in [0.05, 0.1) is 6.04 Å². The van der Waals surface area contributed by atoms with Crippen LogP contribution in [0.2, 0.25) is 0 Å². The summed E-state index contributed by atoms with van der Waals surface area (Å²) in [6.45, 7) is 2.00. The molecule has 1 aromatic heterocycles. The molecule has 1 heterocycles. The number of hydrogen-bond acceptors (Lipinski definition) is 3. The van der Waals surface area contributed by atoms with Crippen LogP contribution in [0.4, 0.5) is 0 Å². The molecule has 0 fully saturated rings. The predicted molar refractivity (Wildman–Crippen MR) is 38.1 cm³/mol. The van der Waals surface area contributed by atoms with E-state index in [9.17, 15) is 0 Å². The van der Waals surface area contributed by atoms with Crippen molar-refractivity contribution in [1.29, 1.82) is 0 Å². The van der Waals surface area contributed by atoms with Gasteiger partial charge in [-0.25, -0.2) is 0 Å². The number of nitrogens with zero attached hydrogens (tertiary/aromatic N) is 3. The van der Waals surface area contributed by atoms with Crippen molar-refractivity contribution in [3.63, 3.8) is 0 Å². The lowest BCUT2D eigenvalue weighted by molar-refractivity contribution is 0.444. The first-order chi connectivity index (χ1) is 4.72. The summed E-state index contributed by atoms with van der Waals surface area (Å²) in [5.74, 6) is 0. The summed E-state index contributed by atoms with van der Waals surface area (Å²) in [6.07, 6.45) is 1.77. The zero-order chi connectivity index (χ0) is 7.56. The van der Waals surface area contributed by atoms with Gasteiger partial charge >= 0.3 is 0 Å². The monoisotopic (exact) mass is 139 g/mol. The molecule has 4 nitrogen and oxygen atoms in total. The van der Waals surface area contributed by atoms with Crippen LogP contribution in [-0.2, 0) is 0 Å². The van der Waals surface area contributed by atoms with Gasteiger partial charge < -0.3 is 0 Å². The average molecular weight is 139 g/mol. The summed E-state index contributed by atoms with van der Waals surface area (Å²) in [5, 5.41) is 10.1. The fraction of sp³-hybridized carbons (Fsp3) is 0.500.